The molecular formula is C18H22O6. The number of phenols is 2. The van der Waals surface area contributed by atoms with Gasteiger partial charge in [-0.05, 0) is 38.0 Å². The van der Waals surface area contributed by atoms with Crippen LogP contribution in [0.5, 0.6) is 11.5 Å². The van der Waals surface area contributed by atoms with E-state index in [0.29, 0.717) is 19.4 Å². The van der Waals surface area contributed by atoms with E-state index in [-0.39, 0.29) is 35.2 Å². The number of cyclic esters (lactones) is 1. The molecule has 6 nitrogen and oxygen atoms in total. The maximum atomic E-state index is 12.4. The molecule has 1 unspecified atom stereocenters. The molecule has 6 heteroatoms. The molecule has 0 spiro atoms. The van der Waals surface area contributed by atoms with Gasteiger partial charge in [0.15, 0.2) is 5.78 Å². The fraction of sp³-hybridized carbons (Fsp3) is 0.444. The molecule has 1 aliphatic heterocycles. The van der Waals surface area contributed by atoms with Crippen molar-refractivity contribution in [3.05, 3.63) is 35.4 Å². The number of hydrogen-bond donors (Lipinski definition) is 2. The fourth-order valence-electron chi connectivity index (χ4n) is 2.67. The summed E-state index contributed by atoms with van der Waals surface area (Å²) in [5.74, 6) is -1.59. The standard InChI is InChI=1S/C18H22O6/c1-11-7-12(2)24-18(22)17-13(9-15(20)10-16(17)21)8-14(19)5-3-4-6-23-11/h3,5,9-12,20-21H,4,6-8H2,1-2H3/b5-3+/t11?,12-/m0/s1. The zero-order valence-corrected chi connectivity index (χ0v) is 13.8. The Hall–Kier alpha value is -2.34. The molecule has 1 heterocycles. The smallest absolute Gasteiger partial charge is 0.342 e. The zero-order valence-electron chi connectivity index (χ0n) is 13.8. The first kappa shape index (κ1) is 18.0. The van der Waals surface area contributed by atoms with Crippen molar-refractivity contribution in [3.63, 3.8) is 0 Å². The van der Waals surface area contributed by atoms with E-state index in [9.17, 15) is 19.8 Å². The number of esters is 1. The highest BCUT2D eigenvalue weighted by Gasteiger charge is 2.23. The lowest BCUT2D eigenvalue weighted by Crippen LogP contribution is -2.23. The largest absolute Gasteiger partial charge is 0.508 e. The normalized spacial score (nSPS) is 24.6. The summed E-state index contributed by atoms with van der Waals surface area (Å²) < 4.78 is 11.0. The van der Waals surface area contributed by atoms with Gasteiger partial charge in [-0.3, -0.25) is 4.79 Å². The molecule has 0 aliphatic carbocycles. The molecule has 0 bridgehead atoms. The van der Waals surface area contributed by atoms with Crippen molar-refractivity contribution in [1.29, 1.82) is 0 Å². The van der Waals surface area contributed by atoms with Crippen LogP contribution in [0.4, 0.5) is 0 Å². The van der Waals surface area contributed by atoms with Crippen molar-refractivity contribution < 1.29 is 29.3 Å². The molecule has 1 aromatic rings. The summed E-state index contributed by atoms with van der Waals surface area (Å²) in [7, 11) is 0. The lowest BCUT2D eigenvalue weighted by molar-refractivity contribution is -0.114. The minimum absolute atomic E-state index is 0.0907. The van der Waals surface area contributed by atoms with Crippen molar-refractivity contribution in [3.8, 4) is 11.5 Å². The van der Waals surface area contributed by atoms with Gasteiger partial charge in [0.1, 0.15) is 23.2 Å². The number of carbonyl (C=O) groups is 2. The Morgan fingerprint density at radius 2 is 1.88 bits per heavy atom. The number of ketones is 1. The predicted octanol–water partition coefficient (Wildman–Crippen LogP) is 2.51. The molecule has 2 atom stereocenters. The molecule has 0 saturated carbocycles. The van der Waals surface area contributed by atoms with Crippen molar-refractivity contribution >= 4 is 11.8 Å². The Bertz CT molecular complexity index is 649. The van der Waals surface area contributed by atoms with Crippen molar-refractivity contribution in [2.75, 3.05) is 6.61 Å². The maximum Gasteiger partial charge on any atom is 0.342 e. The lowest BCUT2D eigenvalue weighted by Gasteiger charge is -2.20. The van der Waals surface area contributed by atoms with Crippen LogP contribution < -0.4 is 0 Å². The number of rotatable bonds is 0. The van der Waals surface area contributed by atoms with E-state index in [1.807, 2.05) is 6.92 Å². The van der Waals surface area contributed by atoms with Gasteiger partial charge >= 0.3 is 5.97 Å². The summed E-state index contributed by atoms with van der Waals surface area (Å²) in [6.07, 6.45) is 3.61. The highest BCUT2D eigenvalue weighted by Crippen LogP contribution is 2.29. The van der Waals surface area contributed by atoms with Crippen LogP contribution in [-0.2, 0) is 20.7 Å². The minimum atomic E-state index is -0.726. The van der Waals surface area contributed by atoms with Crippen molar-refractivity contribution in [2.24, 2.45) is 0 Å². The van der Waals surface area contributed by atoms with Gasteiger partial charge in [-0.1, -0.05) is 6.08 Å². The molecule has 130 valence electrons. The summed E-state index contributed by atoms with van der Waals surface area (Å²) in [6, 6.07) is 2.35. The van der Waals surface area contributed by atoms with Crippen LogP contribution in [0.15, 0.2) is 24.3 Å². The Balaban J connectivity index is 2.37. The van der Waals surface area contributed by atoms with E-state index >= 15 is 0 Å². The number of allylic oxidation sites excluding steroid dienone is 1. The third-order valence-electron chi connectivity index (χ3n) is 3.72. The Morgan fingerprint density at radius 3 is 2.62 bits per heavy atom. The van der Waals surface area contributed by atoms with E-state index in [2.05, 4.69) is 0 Å². The van der Waals surface area contributed by atoms with E-state index in [4.69, 9.17) is 9.47 Å². The highest BCUT2D eigenvalue weighted by molar-refractivity contribution is 5.98. The second-order valence-electron chi connectivity index (χ2n) is 5.97. The van der Waals surface area contributed by atoms with Crippen LogP contribution >= 0.6 is 0 Å². The van der Waals surface area contributed by atoms with E-state index in [0.717, 1.165) is 6.07 Å². The molecule has 0 amide bonds. The van der Waals surface area contributed by atoms with Gasteiger partial charge in [0.05, 0.1) is 12.7 Å². The number of phenolic OH excluding ortho intramolecular Hbond substituents is 2. The molecular weight excluding hydrogens is 312 g/mol. The molecule has 1 aliphatic rings. The second kappa shape index (κ2) is 7.97. The number of benzene rings is 1. The quantitative estimate of drug-likeness (QED) is 0.708. The van der Waals surface area contributed by atoms with Crippen LogP contribution in [-0.4, -0.2) is 40.8 Å². The molecule has 0 saturated heterocycles. The average Bonchev–Trinajstić information content (AvgIpc) is 2.44. The number of carbonyl (C=O) groups excluding carboxylic acids is 2. The number of hydrogen-bond acceptors (Lipinski definition) is 6. The van der Waals surface area contributed by atoms with Gasteiger partial charge < -0.3 is 19.7 Å². The Kier molecular flexibility index (Phi) is 5.98. The summed E-state index contributed by atoms with van der Waals surface area (Å²) in [5, 5.41) is 19.7. The monoisotopic (exact) mass is 334 g/mol. The Morgan fingerprint density at radius 1 is 1.12 bits per heavy atom. The van der Waals surface area contributed by atoms with Gasteiger partial charge in [-0.15, -0.1) is 0 Å². The van der Waals surface area contributed by atoms with Gasteiger partial charge in [0, 0.05) is 18.9 Å². The summed E-state index contributed by atoms with van der Waals surface area (Å²) in [4.78, 5) is 24.4. The van der Waals surface area contributed by atoms with Crippen LogP contribution in [0.1, 0.15) is 42.6 Å². The van der Waals surface area contributed by atoms with Crippen molar-refractivity contribution in [2.45, 2.75) is 45.3 Å². The maximum absolute atomic E-state index is 12.4. The van der Waals surface area contributed by atoms with Crippen LogP contribution in [0.25, 0.3) is 0 Å². The van der Waals surface area contributed by atoms with Gasteiger partial charge in [-0.2, -0.15) is 0 Å². The predicted molar refractivity (Wildman–Crippen MR) is 87.1 cm³/mol. The third-order valence-corrected chi connectivity index (χ3v) is 3.72. The first-order valence-corrected chi connectivity index (χ1v) is 7.93. The van der Waals surface area contributed by atoms with E-state index in [1.54, 1.807) is 13.0 Å². The number of fused-ring (bicyclic) bond motifs is 1. The summed E-state index contributed by atoms with van der Waals surface area (Å²) >= 11 is 0. The first-order valence-electron chi connectivity index (χ1n) is 7.93. The van der Waals surface area contributed by atoms with Gasteiger partial charge in [-0.25, -0.2) is 4.79 Å². The fourth-order valence-corrected chi connectivity index (χ4v) is 2.67. The third kappa shape index (κ3) is 4.83. The Labute approximate surface area is 140 Å². The average molecular weight is 334 g/mol. The minimum Gasteiger partial charge on any atom is -0.508 e. The van der Waals surface area contributed by atoms with Gasteiger partial charge in [0.25, 0.3) is 0 Å². The second-order valence-corrected chi connectivity index (χ2v) is 5.97. The van der Waals surface area contributed by atoms with Gasteiger partial charge in [0.2, 0.25) is 0 Å². The first-order chi connectivity index (χ1) is 11.4. The van der Waals surface area contributed by atoms with Crippen LogP contribution in [0.3, 0.4) is 0 Å². The molecule has 1 aromatic carbocycles. The lowest BCUT2D eigenvalue weighted by atomic mass is 10.00. The highest BCUT2D eigenvalue weighted by atomic mass is 16.5. The molecule has 0 radical (unpaired) electrons. The molecule has 0 aromatic heterocycles. The van der Waals surface area contributed by atoms with E-state index < -0.39 is 17.8 Å². The molecule has 2 N–H and O–H groups in total. The zero-order chi connectivity index (χ0) is 17.7. The summed E-state index contributed by atoms with van der Waals surface area (Å²) in [6.45, 7) is 4.10. The van der Waals surface area contributed by atoms with E-state index in [1.165, 1.54) is 12.1 Å². The number of aromatic hydroxyl groups is 2. The van der Waals surface area contributed by atoms with Crippen LogP contribution in [0, 0.1) is 0 Å². The SMILES string of the molecule is CC1C[C@H](C)OC(=O)c2c(O)cc(O)cc2CC(=O)/C=C/CCO1. The topological polar surface area (TPSA) is 93.1 Å². The van der Waals surface area contributed by atoms with Crippen LogP contribution in [0.2, 0.25) is 0 Å². The van der Waals surface area contributed by atoms with Crippen molar-refractivity contribution in [1.82, 2.24) is 0 Å². The molecule has 0 fully saturated rings. The molecule has 2 rings (SSSR count). The molecule has 24 heavy (non-hydrogen) atoms. The summed E-state index contributed by atoms with van der Waals surface area (Å²) in [5.41, 5.74) is 0.146. The number of ether oxygens (including phenoxy) is 2.